The fraction of sp³-hybridized carbons (Fsp3) is 0.176. The van der Waals surface area contributed by atoms with Crippen molar-refractivity contribution in [3.05, 3.63) is 121 Å². The van der Waals surface area contributed by atoms with Crippen LogP contribution in [0.25, 0.3) is 38.3 Å². The number of allylic oxidation sites excluding steroid dienone is 2. The lowest BCUT2D eigenvalue weighted by Crippen LogP contribution is -2.01. The van der Waals surface area contributed by atoms with E-state index in [0.29, 0.717) is 6.61 Å². The van der Waals surface area contributed by atoms with E-state index in [1.54, 1.807) is 5.94 Å². The summed E-state index contributed by atoms with van der Waals surface area (Å²) in [6.45, 7) is 7.93. The average molecular weight is 486 g/mol. The first kappa shape index (κ1) is 24.4. The van der Waals surface area contributed by atoms with Crippen LogP contribution < -0.4 is 0 Å². The highest BCUT2D eigenvalue weighted by molar-refractivity contribution is 6.21. The molecule has 0 spiro atoms. The van der Waals surface area contributed by atoms with E-state index in [0.717, 1.165) is 32.1 Å². The highest BCUT2D eigenvalue weighted by Gasteiger charge is 2.15. The molecule has 4 aromatic carbocycles. The molecule has 0 saturated heterocycles. The lowest BCUT2D eigenvalue weighted by atomic mass is 10.0. The Hall–Kier alpha value is -4.33. The van der Waals surface area contributed by atoms with Crippen LogP contribution in [-0.2, 0) is 22.4 Å². The van der Waals surface area contributed by atoms with E-state index < -0.39 is 0 Å². The minimum Gasteiger partial charge on any atom is -0.483 e. The maximum absolute atomic E-state index is 10.9. The number of hydrogen-bond donors (Lipinski definition) is 0. The largest absolute Gasteiger partial charge is 0.483 e. The number of fused-ring (bicyclic) bond motifs is 5. The zero-order valence-electron chi connectivity index (χ0n) is 21.1. The molecule has 0 atom stereocenters. The van der Waals surface area contributed by atoms with Gasteiger partial charge in [-0.1, -0.05) is 67.3 Å². The Morgan fingerprint density at radius 3 is 2.32 bits per heavy atom. The monoisotopic (exact) mass is 485 g/mol. The van der Waals surface area contributed by atoms with Crippen LogP contribution in [0.3, 0.4) is 0 Å². The molecule has 5 rings (SSSR count). The van der Waals surface area contributed by atoms with Crippen LogP contribution in [0.2, 0.25) is 0 Å². The minimum absolute atomic E-state index is 0.163. The van der Waals surface area contributed by atoms with Gasteiger partial charge < -0.3 is 9.30 Å². The van der Waals surface area contributed by atoms with E-state index >= 15 is 0 Å². The van der Waals surface area contributed by atoms with E-state index in [9.17, 15) is 4.79 Å². The van der Waals surface area contributed by atoms with Crippen LogP contribution >= 0.6 is 0 Å². The van der Waals surface area contributed by atoms with Gasteiger partial charge in [-0.05, 0) is 84.3 Å². The molecule has 37 heavy (non-hydrogen) atoms. The Bertz CT molecular complexity index is 1650. The molecule has 0 aliphatic rings. The number of carbonyl (C=O) groups excluding carboxylic acids is 1. The fourth-order valence-electron chi connectivity index (χ4n) is 5.22. The van der Waals surface area contributed by atoms with Crippen LogP contribution in [0.5, 0.6) is 0 Å². The number of rotatable bonds is 11. The molecule has 3 heteroatoms. The molecule has 184 valence electrons. The quantitative estimate of drug-likeness (QED) is 0.0619. The first-order chi connectivity index (χ1) is 18.2. The third kappa shape index (κ3) is 5.00. The average Bonchev–Trinajstić information content (AvgIpc) is 3.28. The third-order valence-corrected chi connectivity index (χ3v) is 6.88. The number of unbranched alkanes of at least 4 members (excludes halogenated alkanes) is 1. The van der Waals surface area contributed by atoms with Gasteiger partial charge in [0.2, 0.25) is 5.76 Å². The van der Waals surface area contributed by atoms with Crippen molar-refractivity contribution < 1.29 is 9.53 Å². The van der Waals surface area contributed by atoms with Crippen LogP contribution in [0.1, 0.15) is 30.4 Å². The second-order valence-electron chi connectivity index (χ2n) is 9.34. The normalized spacial score (nSPS) is 11.0. The molecule has 0 bridgehead atoms. The fourth-order valence-corrected chi connectivity index (χ4v) is 5.22. The van der Waals surface area contributed by atoms with E-state index in [2.05, 4.69) is 96.6 Å². The molecule has 3 nitrogen and oxygen atoms in total. The SMILES string of the molecule is C=CCCCc1cc(CCCOC(=C=O)C=C)cc(-n2c3ccccc3c3c4ccccc4ccc32)c1. The van der Waals surface area contributed by atoms with Crippen LogP contribution in [0.15, 0.2) is 110 Å². The number of ether oxygens (including phenoxy) is 1. The smallest absolute Gasteiger partial charge is 0.202 e. The highest BCUT2D eigenvalue weighted by atomic mass is 16.5. The van der Waals surface area contributed by atoms with Crippen molar-refractivity contribution in [1.29, 1.82) is 0 Å². The maximum atomic E-state index is 10.9. The number of nitrogens with zero attached hydrogens (tertiary/aromatic N) is 1. The topological polar surface area (TPSA) is 31.2 Å². The van der Waals surface area contributed by atoms with Gasteiger partial charge >= 0.3 is 0 Å². The molecular formula is C34H31NO2. The standard InChI is InChI=1S/C34H31NO2/c1-3-5-6-12-25-21-26(13-11-20-37-29(4-2)24-36)23-28(22-25)35-32-17-10-9-16-31(32)34-30-15-8-7-14-27(30)18-19-33(34)35/h3-4,7-10,14-19,21-23H,1-2,5-6,11-13,20H2. The predicted molar refractivity (Wildman–Crippen MR) is 155 cm³/mol. The van der Waals surface area contributed by atoms with Gasteiger partial charge in [0.05, 0.1) is 17.6 Å². The van der Waals surface area contributed by atoms with Crippen LogP contribution in [0.4, 0.5) is 0 Å². The molecule has 1 aromatic heterocycles. The Morgan fingerprint density at radius 1 is 0.838 bits per heavy atom. The van der Waals surface area contributed by atoms with Crippen molar-refractivity contribution in [2.24, 2.45) is 0 Å². The summed E-state index contributed by atoms with van der Waals surface area (Å²) >= 11 is 0. The number of benzene rings is 4. The van der Waals surface area contributed by atoms with Crippen molar-refractivity contribution >= 4 is 38.5 Å². The van der Waals surface area contributed by atoms with Crippen molar-refractivity contribution in [2.75, 3.05) is 6.61 Å². The summed E-state index contributed by atoms with van der Waals surface area (Å²) < 4.78 is 7.89. The highest BCUT2D eigenvalue weighted by Crippen LogP contribution is 2.37. The van der Waals surface area contributed by atoms with E-state index in [4.69, 9.17) is 4.74 Å². The van der Waals surface area contributed by atoms with Gasteiger partial charge in [0.15, 0.2) is 5.94 Å². The van der Waals surface area contributed by atoms with Gasteiger partial charge in [-0.15, -0.1) is 6.58 Å². The number of hydrogen-bond acceptors (Lipinski definition) is 2. The van der Waals surface area contributed by atoms with Gasteiger partial charge in [-0.3, -0.25) is 0 Å². The van der Waals surface area contributed by atoms with Gasteiger partial charge in [0.25, 0.3) is 0 Å². The minimum atomic E-state index is 0.163. The molecule has 0 aliphatic heterocycles. The molecule has 0 fully saturated rings. The number of aromatic nitrogens is 1. The van der Waals surface area contributed by atoms with Crippen LogP contribution in [0, 0.1) is 0 Å². The van der Waals surface area contributed by atoms with E-state index in [1.165, 1.54) is 55.5 Å². The number of para-hydroxylation sites is 1. The van der Waals surface area contributed by atoms with Gasteiger partial charge in [-0.25, -0.2) is 4.79 Å². The summed E-state index contributed by atoms with van der Waals surface area (Å²) in [5, 5.41) is 5.08. The maximum Gasteiger partial charge on any atom is 0.202 e. The van der Waals surface area contributed by atoms with Crippen molar-refractivity contribution in [3.8, 4) is 5.69 Å². The molecule has 0 amide bonds. The molecular weight excluding hydrogens is 454 g/mol. The summed E-state index contributed by atoms with van der Waals surface area (Å²) in [5.41, 5.74) is 6.17. The predicted octanol–water partition coefficient (Wildman–Crippen LogP) is 8.30. The summed E-state index contributed by atoms with van der Waals surface area (Å²) in [4.78, 5) is 10.9. The second kappa shape index (κ2) is 11.2. The summed E-state index contributed by atoms with van der Waals surface area (Å²) in [7, 11) is 0. The van der Waals surface area contributed by atoms with Gasteiger partial charge in [0.1, 0.15) is 0 Å². The zero-order chi connectivity index (χ0) is 25.6. The molecule has 5 aromatic rings. The summed E-state index contributed by atoms with van der Waals surface area (Å²) in [5.74, 6) is 1.94. The Balaban J connectivity index is 1.61. The molecule has 0 saturated carbocycles. The Labute approximate surface area is 218 Å². The third-order valence-electron chi connectivity index (χ3n) is 6.88. The van der Waals surface area contributed by atoms with Gasteiger partial charge in [-0.2, -0.15) is 0 Å². The van der Waals surface area contributed by atoms with Crippen molar-refractivity contribution in [3.63, 3.8) is 0 Å². The first-order valence-electron chi connectivity index (χ1n) is 12.9. The number of aryl methyl sites for hydroxylation is 2. The van der Waals surface area contributed by atoms with Crippen LogP contribution in [-0.4, -0.2) is 17.1 Å². The molecule has 0 radical (unpaired) electrons. The second-order valence-corrected chi connectivity index (χ2v) is 9.34. The van der Waals surface area contributed by atoms with E-state index in [1.807, 2.05) is 6.08 Å². The lowest BCUT2D eigenvalue weighted by molar-refractivity contribution is 0.223. The molecule has 0 N–H and O–H groups in total. The van der Waals surface area contributed by atoms with Crippen molar-refractivity contribution in [1.82, 2.24) is 4.57 Å². The Kier molecular flexibility index (Phi) is 7.35. The molecule has 0 unspecified atom stereocenters. The van der Waals surface area contributed by atoms with Gasteiger partial charge in [0, 0.05) is 16.5 Å². The zero-order valence-corrected chi connectivity index (χ0v) is 21.1. The molecule has 1 heterocycles. The first-order valence-corrected chi connectivity index (χ1v) is 12.9. The van der Waals surface area contributed by atoms with Crippen molar-refractivity contribution in [2.45, 2.75) is 32.1 Å². The Morgan fingerprint density at radius 2 is 1.57 bits per heavy atom. The summed E-state index contributed by atoms with van der Waals surface area (Å²) in [6, 6.07) is 28.7. The van der Waals surface area contributed by atoms with E-state index in [-0.39, 0.29) is 5.76 Å². The molecule has 0 aliphatic carbocycles. The summed E-state index contributed by atoms with van der Waals surface area (Å²) in [6.07, 6.45) is 8.10. The lowest BCUT2D eigenvalue weighted by Gasteiger charge is -2.14.